The molecule has 0 saturated carbocycles. The number of carbonyl (C=O) groups excluding carboxylic acids is 1. The molecule has 0 radical (unpaired) electrons. The summed E-state index contributed by atoms with van der Waals surface area (Å²) in [7, 11) is 1.61. The second kappa shape index (κ2) is 8.62. The van der Waals surface area contributed by atoms with Gasteiger partial charge in [-0.15, -0.1) is 0 Å². The smallest absolute Gasteiger partial charge is 0.274 e. The lowest BCUT2D eigenvalue weighted by Gasteiger charge is -2.35. The van der Waals surface area contributed by atoms with Gasteiger partial charge in [-0.3, -0.25) is 14.2 Å². The van der Waals surface area contributed by atoms with Gasteiger partial charge in [0, 0.05) is 58.0 Å². The number of methoxy groups -OCH3 is 1. The summed E-state index contributed by atoms with van der Waals surface area (Å²) in [6.07, 6.45) is 2.47. The van der Waals surface area contributed by atoms with Gasteiger partial charge in [-0.1, -0.05) is 0 Å². The largest absolute Gasteiger partial charge is 0.478 e. The molecular weight excluding hydrogens is 412 g/mol. The van der Waals surface area contributed by atoms with Crippen molar-refractivity contribution < 1.29 is 14.3 Å². The number of nitrogens with zero attached hydrogens (tertiary/aromatic N) is 6. The minimum absolute atomic E-state index is 0.0630. The first kappa shape index (κ1) is 20.5. The number of amides is 1. The third-order valence-electron chi connectivity index (χ3n) is 6.00. The van der Waals surface area contributed by atoms with E-state index in [2.05, 4.69) is 15.0 Å². The van der Waals surface area contributed by atoms with Gasteiger partial charge in [0.05, 0.1) is 37.0 Å². The highest BCUT2D eigenvalue weighted by atomic mass is 16.5. The van der Waals surface area contributed by atoms with Crippen molar-refractivity contribution in [3.8, 4) is 5.88 Å². The highest BCUT2D eigenvalue weighted by molar-refractivity contribution is 5.93. The van der Waals surface area contributed by atoms with Crippen LogP contribution < -0.4 is 15.2 Å². The molecular formula is C22H26N6O4. The lowest BCUT2D eigenvalue weighted by atomic mass is 10.2. The summed E-state index contributed by atoms with van der Waals surface area (Å²) >= 11 is 0. The Morgan fingerprint density at radius 2 is 2.00 bits per heavy atom. The first-order valence-corrected chi connectivity index (χ1v) is 10.9. The van der Waals surface area contributed by atoms with Gasteiger partial charge in [-0.25, -0.2) is 9.67 Å². The Morgan fingerprint density at radius 3 is 2.78 bits per heavy atom. The number of carbonyl (C=O) groups is 1. The van der Waals surface area contributed by atoms with Crippen molar-refractivity contribution >= 4 is 22.5 Å². The van der Waals surface area contributed by atoms with Crippen LogP contribution in [0.1, 0.15) is 16.9 Å². The average Bonchev–Trinajstić information content (AvgIpc) is 3.27. The Balaban J connectivity index is 1.27. The molecule has 0 unspecified atom stereocenters. The Kier molecular flexibility index (Phi) is 5.52. The molecule has 1 fully saturated rings. The number of hydrogen-bond donors (Lipinski definition) is 0. The predicted octanol–water partition coefficient (Wildman–Crippen LogP) is 0.984. The lowest BCUT2D eigenvalue weighted by molar-refractivity contribution is 0.0740. The van der Waals surface area contributed by atoms with E-state index in [0.717, 1.165) is 18.7 Å². The van der Waals surface area contributed by atoms with Crippen LogP contribution in [0.3, 0.4) is 0 Å². The van der Waals surface area contributed by atoms with E-state index in [4.69, 9.17) is 9.47 Å². The van der Waals surface area contributed by atoms with Crippen molar-refractivity contribution in [3.05, 3.63) is 46.6 Å². The maximum absolute atomic E-state index is 12.9. The summed E-state index contributed by atoms with van der Waals surface area (Å²) in [6.45, 7) is 4.99. The first-order chi connectivity index (χ1) is 15.6. The summed E-state index contributed by atoms with van der Waals surface area (Å²) in [4.78, 5) is 34.0. The van der Waals surface area contributed by atoms with Crippen LogP contribution in [0, 0.1) is 0 Å². The van der Waals surface area contributed by atoms with Crippen LogP contribution in [0.5, 0.6) is 5.88 Å². The molecule has 0 bridgehead atoms. The first-order valence-electron chi connectivity index (χ1n) is 10.9. The molecule has 1 aromatic carbocycles. The molecule has 2 aliphatic heterocycles. The molecule has 168 valence electrons. The van der Waals surface area contributed by atoms with Crippen LogP contribution in [0.15, 0.2) is 35.4 Å². The molecule has 10 heteroatoms. The molecule has 3 aromatic rings. The quantitative estimate of drug-likeness (QED) is 0.586. The number of rotatable bonds is 5. The van der Waals surface area contributed by atoms with Crippen LogP contribution in [-0.4, -0.2) is 76.6 Å². The Morgan fingerprint density at radius 1 is 1.16 bits per heavy atom. The fourth-order valence-corrected chi connectivity index (χ4v) is 4.19. The van der Waals surface area contributed by atoms with E-state index in [1.54, 1.807) is 28.8 Å². The zero-order valence-electron chi connectivity index (χ0n) is 18.1. The van der Waals surface area contributed by atoms with Crippen molar-refractivity contribution in [1.29, 1.82) is 0 Å². The lowest BCUT2D eigenvalue weighted by Crippen LogP contribution is -2.49. The van der Waals surface area contributed by atoms with E-state index in [0.29, 0.717) is 68.4 Å². The minimum Gasteiger partial charge on any atom is -0.478 e. The molecule has 0 aliphatic carbocycles. The number of aryl methyl sites for hydroxylation is 1. The Bertz CT molecular complexity index is 1170. The van der Waals surface area contributed by atoms with Crippen molar-refractivity contribution in [2.45, 2.75) is 19.5 Å². The molecule has 5 rings (SSSR count). The zero-order chi connectivity index (χ0) is 22.1. The molecule has 1 amide bonds. The predicted molar refractivity (Wildman–Crippen MR) is 118 cm³/mol. The van der Waals surface area contributed by atoms with Crippen LogP contribution in [0.4, 0.5) is 5.69 Å². The van der Waals surface area contributed by atoms with Gasteiger partial charge in [0.15, 0.2) is 5.69 Å². The molecule has 1 saturated heterocycles. The molecule has 0 N–H and O–H groups in total. The second-order valence-electron chi connectivity index (χ2n) is 8.01. The van der Waals surface area contributed by atoms with Gasteiger partial charge < -0.3 is 19.3 Å². The van der Waals surface area contributed by atoms with Gasteiger partial charge in [0.1, 0.15) is 0 Å². The number of hydrogen-bond acceptors (Lipinski definition) is 7. The number of piperazine rings is 1. The summed E-state index contributed by atoms with van der Waals surface area (Å²) in [6, 6.07) is 7.46. The molecule has 0 spiro atoms. The standard InChI is InChI=1S/C22H26N6O4/c1-31-12-10-27-15-23-18-13-16(3-4-17(18)21(27)29)25-6-8-26(9-7-25)22(30)19-14-20-28(24-19)5-2-11-32-20/h3-4,13-15H,2,5-12H2,1H3. The van der Waals surface area contributed by atoms with E-state index in [-0.39, 0.29) is 11.5 Å². The maximum Gasteiger partial charge on any atom is 0.274 e. The molecule has 10 nitrogen and oxygen atoms in total. The second-order valence-corrected chi connectivity index (χ2v) is 8.01. The van der Waals surface area contributed by atoms with E-state index in [1.807, 2.05) is 23.1 Å². The average molecular weight is 438 g/mol. The summed E-state index contributed by atoms with van der Waals surface area (Å²) in [5.74, 6) is 0.607. The fraction of sp³-hybridized carbons (Fsp3) is 0.455. The Hall–Kier alpha value is -3.40. The molecule has 32 heavy (non-hydrogen) atoms. The summed E-state index contributed by atoms with van der Waals surface area (Å²) in [5.41, 5.74) is 2.04. The number of fused-ring (bicyclic) bond motifs is 2. The SMILES string of the molecule is COCCn1cnc2cc(N3CCN(C(=O)c4cc5n(n4)CCCO5)CC3)ccc2c1=O. The van der Waals surface area contributed by atoms with Crippen LogP contribution in [-0.2, 0) is 17.8 Å². The topological polar surface area (TPSA) is 94.7 Å². The monoisotopic (exact) mass is 438 g/mol. The van der Waals surface area contributed by atoms with E-state index >= 15 is 0 Å². The third-order valence-corrected chi connectivity index (χ3v) is 6.00. The van der Waals surface area contributed by atoms with Gasteiger partial charge in [0.25, 0.3) is 11.5 Å². The van der Waals surface area contributed by atoms with Gasteiger partial charge in [0.2, 0.25) is 5.88 Å². The summed E-state index contributed by atoms with van der Waals surface area (Å²) in [5, 5.41) is 5.00. The maximum atomic E-state index is 12.9. The van der Waals surface area contributed by atoms with E-state index < -0.39 is 0 Å². The molecule has 2 aromatic heterocycles. The van der Waals surface area contributed by atoms with Gasteiger partial charge in [-0.05, 0) is 18.2 Å². The molecule has 0 atom stereocenters. The molecule has 4 heterocycles. The Labute approximate surface area is 184 Å². The molecule has 2 aliphatic rings. The normalized spacial score (nSPS) is 16.2. The van der Waals surface area contributed by atoms with Crippen molar-refractivity contribution in [2.24, 2.45) is 0 Å². The highest BCUT2D eigenvalue weighted by Gasteiger charge is 2.26. The highest BCUT2D eigenvalue weighted by Crippen LogP contribution is 2.23. The van der Waals surface area contributed by atoms with E-state index in [1.165, 1.54) is 0 Å². The number of ether oxygens (including phenoxy) is 2. The fourth-order valence-electron chi connectivity index (χ4n) is 4.19. The number of anilines is 1. The van der Waals surface area contributed by atoms with Crippen molar-refractivity contribution in [2.75, 3.05) is 51.4 Å². The third kappa shape index (κ3) is 3.81. The zero-order valence-corrected chi connectivity index (χ0v) is 18.1. The minimum atomic E-state index is -0.0687. The van der Waals surface area contributed by atoms with Crippen molar-refractivity contribution in [3.63, 3.8) is 0 Å². The van der Waals surface area contributed by atoms with Crippen molar-refractivity contribution in [1.82, 2.24) is 24.2 Å². The summed E-state index contributed by atoms with van der Waals surface area (Å²) < 4.78 is 14.0. The van der Waals surface area contributed by atoms with Crippen LogP contribution in [0.25, 0.3) is 10.9 Å². The van der Waals surface area contributed by atoms with Gasteiger partial charge >= 0.3 is 0 Å². The number of aromatic nitrogens is 4. The van der Waals surface area contributed by atoms with Crippen LogP contribution >= 0.6 is 0 Å². The van der Waals surface area contributed by atoms with E-state index in [9.17, 15) is 9.59 Å². The van der Waals surface area contributed by atoms with Gasteiger partial charge in [-0.2, -0.15) is 5.10 Å². The van der Waals surface area contributed by atoms with Crippen LogP contribution in [0.2, 0.25) is 0 Å². The number of benzene rings is 1.